The molecular formula is C20H24N2O4. The van der Waals surface area contributed by atoms with E-state index < -0.39 is 5.97 Å². The quantitative estimate of drug-likeness (QED) is 0.785. The fourth-order valence-electron chi connectivity index (χ4n) is 2.46. The number of aliphatic carboxylic acids is 1. The SMILES string of the molecule is CCC(C)N(CC(=O)O)C(=O)c1cccc(COc2ccc(C)nc2)c1. The Labute approximate surface area is 153 Å². The first-order chi connectivity index (χ1) is 12.4. The van der Waals surface area contributed by atoms with Crippen LogP contribution in [0.1, 0.15) is 41.9 Å². The number of carbonyl (C=O) groups is 2. The summed E-state index contributed by atoms with van der Waals surface area (Å²) in [4.78, 5) is 29.4. The summed E-state index contributed by atoms with van der Waals surface area (Å²) in [7, 11) is 0. The minimum absolute atomic E-state index is 0.155. The number of ether oxygens (including phenoxy) is 1. The van der Waals surface area contributed by atoms with Crippen LogP contribution in [-0.2, 0) is 11.4 Å². The van der Waals surface area contributed by atoms with E-state index >= 15 is 0 Å². The molecule has 26 heavy (non-hydrogen) atoms. The molecule has 0 bridgehead atoms. The molecule has 1 N–H and O–H groups in total. The van der Waals surface area contributed by atoms with Crippen LogP contribution in [0.2, 0.25) is 0 Å². The maximum Gasteiger partial charge on any atom is 0.323 e. The number of aromatic nitrogens is 1. The van der Waals surface area contributed by atoms with Gasteiger partial charge in [0.1, 0.15) is 18.9 Å². The summed E-state index contributed by atoms with van der Waals surface area (Å²) in [5.74, 6) is -0.662. The summed E-state index contributed by atoms with van der Waals surface area (Å²) in [6.07, 6.45) is 2.34. The third-order valence-electron chi connectivity index (χ3n) is 4.15. The molecule has 138 valence electrons. The van der Waals surface area contributed by atoms with Crippen molar-refractivity contribution in [3.8, 4) is 5.75 Å². The average Bonchev–Trinajstić information content (AvgIpc) is 2.64. The van der Waals surface area contributed by atoms with Crippen LogP contribution < -0.4 is 4.74 Å². The molecule has 6 nitrogen and oxygen atoms in total. The predicted octanol–water partition coefficient (Wildman–Crippen LogP) is 3.29. The smallest absolute Gasteiger partial charge is 0.323 e. The second-order valence-corrected chi connectivity index (χ2v) is 6.21. The largest absolute Gasteiger partial charge is 0.487 e. The van der Waals surface area contributed by atoms with E-state index in [1.165, 1.54) is 4.90 Å². The summed E-state index contributed by atoms with van der Waals surface area (Å²) in [6.45, 7) is 5.65. The number of aryl methyl sites for hydroxylation is 1. The zero-order valence-electron chi connectivity index (χ0n) is 15.3. The summed E-state index contributed by atoms with van der Waals surface area (Å²) >= 11 is 0. The third-order valence-corrected chi connectivity index (χ3v) is 4.15. The molecule has 2 aromatic rings. The van der Waals surface area contributed by atoms with Gasteiger partial charge in [-0.3, -0.25) is 14.6 Å². The number of nitrogens with zero attached hydrogens (tertiary/aromatic N) is 2. The predicted molar refractivity (Wildman–Crippen MR) is 98.2 cm³/mol. The zero-order chi connectivity index (χ0) is 19.1. The van der Waals surface area contributed by atoms with Gasteiger partial charge in [-0.15, -0.1) is 0 Å². The highest BCUT2D eigenvalue weighted by Crippen LogP contribution is 2.15. The van der Waals surface area contributed by atoms with Gasteiger partial charge in [0.05, 0.1) is 6.20 Å². The van der Waals surface area contributed by atoms with Crippen molar-refractivity contribution in [1.82, 2.24) is 9.88 Å². The maximum absolute atomic E-state index is 12.8. The average molecular weight is 356 g/mol. The molecule has 2 rings (SSSR count). The number of carboxylic acids is 1. The molecule has 0 aliphatic heterocycles. The fourth-order valence-corrected chi connectivity index (χ4v) is 2.46. The molecule has 6 heteroatoms. The van der Waals surface area contributed by atoms with Gasteiger partial charge in [-0.05, 0) is 50.1 Å². The molecule has 1 unspecified atom stereocenters. The Kier molecular flexibility index (Phi) is 6.72. The Morgan fingerprint density at radius 1 is 1.27 bits per heavy atom. The van der Waals surface area contributed by atoms with Crippen LogP contribution >= 0.6 is 0 Å². The summed E-state index contributed by atoms with van der Waals surface area (Å²) in [5.41, 5.74) is 2.19. The molecule has 1 aromatic heterocycles. The lowest BCUT2D eigenvalue weighted by atomic mass is 10.1. The van der Waals surface area contributed by atoms with Crippen LogP contribution in [0.3, 0.4) is 0 Å². The molecule has 1 aromatic carbocycles. The van der Waals surface area contributed by atoms with Gasteiger partial charge >= 0.3 is 5.97 Å². The zero-order valence-corrected chi connectivity index (χ0v) is 15.3. The first-order valence-electron chi connectivity index (χ1n) is 8.58. The Hall–Kier alpha value is -2.89. The number of hydrogen-bond acceptors (Lipinski definition) is 4. The Balaban J connectivity index is 2.11. The van der Waals surface area contributed by atoms with E-state index in [9.17, 15) is 9.59 Å². The highest BCUT2D eigenvalue weighted by Gasteiger charge is 2.23. The monoisotopic (exact) mass is 356 g/mol. The molecule has 1 atom stereocenters. The summed E-state index contributed by atoms with van der Waals surface area (Å²) in [5, 5.41) is 9.09. The lowest BCUT2D eigenvalue weighted by Crippen LogP contribution is -2.41. The Morgan fingerprint density at radius 2 is 2.04 bits per heavy atom. The van der Waals surface area contributed by atoms with Crippen molar-refractivity contribution in [3.05, 3.63) is 59.4 Å². The van der Waals surface area contributed by atoms with E-state index in [2.05, 4.69) is 4.98 Å². The van der Waals surface area contributed by atoms with Crippen LogP contribution in [0.5, 0.6) is 5.75 Å². The van der Waals surface area contributed by atoms with Gasteiger partial charge in [0.25, 0.3) is 5.91 Å². The van der Waals surface area contributed by atoms with E-state index in [4.69, 9.17) is 9.84 Å². The van der Waals surface area contributed by atoms with Gasteiger partial charge in [-0.1, -0.05) is 19.1 Å². The molecule has 0 spiro atoms. The maximum atomic E-state index is 12.8. The Bertz CT molecular complexity index is 759. The van der Waals surface area contributed by atoms with Gasteiger partial charge in [0.15, 0.2) is 0 Å². The van der Waals surface area contributed by atoms with Crippen LogP contribution in [0.4, 0.5) is 0 Å². The highest BCUT2D eigenvalue weighted by molar-refractivity contribution is 5.96. The molecular weight excluding hydrogens is 332 g/mol. The minimum Gasteiger partial charge on any atom is -0.487 e. The number of carboxylic acid groups (broad SMARTS) is 1. The molecule has 0 saturated carbocycles. The number of amides is 1. The topological polar surface area (TPSA) is 79.7 Å². The second-order valence-electron chi connectivity index (χ2n) is 6.21. The molecule has 0 aliphatic carbocycles. The molecule has 0 fully saturated rings. The third kappa shape index (κ3) is 5.31. The van der Waals surface area contributed by atoms with Crippen molar-refractivity contribution >= 4 is 11.9 Å². The van der Waals surface area contributed by atoms with Crippen LogP contribution in [0, 0.1) is 6.92 Å². The number of carbonyl (C=O) groups excluding carboxylic acids is 1. The van der Waals surface area contributed by atoms with Crippen molar-refractivity contribution in [2.45, 2.75) is 39.8 Å². The number of benzene rings is 1. The normalized spacial score (nSPS) is 11.7. The van der Waals surface area contributed by atoms with Gasteiger partial charge < -0.3 is 14.7 Å². The first kappa shape index (κ1) is 19.4. The summed E-state index contributed by atoms with van der Waals surface area (Å²) in [6, 6.07) is 10.6. The van der Waals surface area contributed by atoms with Crippen molar-refractivity contribution in [2.75, 3.05) is 6.54 Å². The minimum atomic E-state index is -1.02. The first-order valence-corrected chi connectivity index (χ1v) is 8.58. The van der Waals surface area contributed by atoms with Gasteiger partial charge in [0.2, 0.25) is 0 Å². The van der Waals surface area contributed by atoms with Crippen LogP contribution in [0.25, 0.3) is 0 Å². The molecule has 0 saturated heterocycles. The van der Waals surface area contributed by atoms with E-state index in [1.54, 1.807) is 24.4 Å². The number of pyridine rings is 1. The second kappa shape index (κ2) is 8.99. The molecule has 1 amide bonds. The summed E-state index contributed by atoms with van der Waals surface area (Å²) < 4.78 is 5.69. The lowest BCUT2D eigenvalue weighted by molar-refractivity contribution is -0.138. The van der Waals surface area contributed by atoms with Gasteiger partial charge in [0, 0.05) is 17.3 Å². The van der Waals surface area contributed by atoms with E-state index in [0.717, 1.165) is 11.3 Å². The van der Waals surface area contributed by atoms with E-state index in [-0.39, 0.29) is 18.5 Å². The van der Waals surface area contributed by atoms with Crippen molar-refractivity contribution in [3.63, 3.8) is 0 Å². The molecule has 0 radical (unpaired) electrons. The van der Waals surface area contributed by atoms with Gasteiger partial charge in [-0.2, -0.15) is 0 Å². The van der Waals surface area contributed by atoms with Crippen molar-refractivity contribution < 1.29 is 19.4 Å². The van der Waals surface area contributed by atoms with E-state index in [0.29, 0.717) is 24.3 Å². The molecule has 0 aliphatic rings. The standard InChI is InChI=1S/C20H24N2O4/c1-4-15(3)22(12-19(23)24)20(25)17-7-5-6-16(10-17)13-26-18-9-8-14(2)21-11-18/h5-11,15H,4,12-13H2,1-3H3,(H,23,24). The lowest BCUT2D eigenvalue weighted by Gasteiger charge is -2.27. The highest BCUT2D eigenvalue weighted by atomic mass is 16.5. The van der Waals surface area contributed by atoms with E-state index in [1.807, 2.05) is 39.0 Å². The van der Waals surface area contributed by atoms with Crippen LogP contribution in [0.15, 0.2) is 42.6 Å². The number of rotatable bonds is 8. The number of hydrogen-bond donors (Lipinski definition) is 1. The van der Waals surface area contributed by atoms with Gasteiger partial charge in [-0.25, -0.2) is 0 Å². The molecule has 1 heterocycles. The Morgan fingerprint density at radius 3 is 2.65 bits per heavy atom. The van der Waals surface area contributed by atoms with Crippen molar-refractivity contribution in [1.29, 1.82) is 0 Å². The van der Waals surface area contributed by atoms with Crippen molar-refractivity contribution in [2.24, 2.45) is 0 Å². The van der Waals surface area contributed by atoms with Crippen LogP contribution in [-0.4, -0.2) is 39.5 Å². The fraction of sp³-hybridized carbons (Fsp3) is 0.350.